The van der Waals surface area contributed by atoms with Gasteiger partial charge in [0.15, 0.2) is 0 Å². The van der Waals surface area contributed by atoms with Crippen LogP contribution in [0, 0.1) is 29.6 Å². The van der Waals surface area contributed by atoms with Gasteiger partial charge in [-0.05, 0) is 31.6 Å². The highest BCUT2D eigenvalue weighted by Crippen LogP contribution is 2.12. The lowest BCUT2D eigenvalue weighted by molar-refractivity contribution is 0.508. The van der Waals surface area contributed by atoms with E-state index in [0.29, 0.717) is 11.8 Å². The molecule has 0 heteroatoms. The molecule has 0 amide bonds. The predicted octanol–water partition coefficient (Wildman–Crippen LogP) is 4.50. The summed E-state index contributed by atoms with van der Waals surface area (Å²) >= 11 is 0. The molecule has 0 aliphatic rings. The van der Waals surface area contributed by atoms with Crippen LogP contribution in [0.15, 0.2) is 0 Å². The Morgan fingerprint density at radius 2 is 1.43 bits per heavy atom. The van der Waals surface area contributed by atoms with Crippen LogP contribution in [-0.4, -0.2) is 0 Å². The summed E-state index contributed by atoms with van der Waals surface area (Å²) in [7, 11) is 0. The molecule has 0 N–H and O–H groups in total. The molecule has 0 bridgehead atoms. The van der Waals surface area contributed by atoms with Crippen molar-refractivity contribution in [2.45, 2.75) is 60.3 Å². The molecule has 1 unspecified atom stereocenters. The van der Waals surface area contributed by atoms with E-state index >= 15 is 0 Å². The summed E-state index contributed by atoms with van der Waals surface area (Å²) in [6.07, 6.45) is 4.95. The van der Waals surface area contributed by atoms with Crippen molar-refractivity contribution >= 4 is 0 Å². The fourth-order valence-corrected chi connectivity index (χ4v) is 1.41. The molecule has 0 rings (SSSR count). The summed E-state index contributed by atoms with van der Waals surface area (Å²) in [6.45, 7) is 11.3. The summed E-state index contributed by atoms with van der Waals surface area (Å²) in [4.78, 5) is 0. The van der Waals surface area contributed by atoms with Gasteiger partial charge in [0.2, 0.25) is 0 Å². The van der Waals surface area contributed by atoms with Crippen LogP contribution in [0.5, 0.6) is 0 Å². The summed E-state index contributed by atoms with van der Waals surface area (Å²) in [5.74, 6) is 8.80. The molecule has 14 heavy (non-hydrogen) atoms. The van der Waals surface area contributed by atoms with Gasteiger partial charge in [-0.25, -0.2) is 0 Å². The summed E-state index contributed by atoms with van der Waals surface area (Å²) in [5.41, 5.74) is 0. The molecule has 0 saturated carbocycles. The highest BCUT2D eigenvalue weighted by atomic mass is 14.1. The number of hydrogen-bond acceptors (Lipinski definition) is 0. The zero-order valence-corrected chi connectivity index (χ0v) is 10.6. The molecule has 0 aromatic rings. The van der Waals surface area contributed by atoms with Crippen molar-refractivity contribution in [1.29, 1.82) is 0 Å². The van der Waals surface area contributed by atoms with E-state index < -0.39 is 0 Å². The first kappa shape index (κ1) is 13.6. The van der Waals surface area contributed by atoms with Gasteiger partial charge in [-0.2, -0.15) is 0 Å². The molecule has 0 nitrogen and oxygen atoms in total. The zero-order valence-electron chi connectivity index (χ0n) is 10.6. The van der Waals surface area contributed by atoms with Gasteiger partial charge in [0, 0.05) is 11.8 Å². The Hall–Kier alpha value is -0.440. The van der Waals surface area contributed by atoms with Gasteiger partial charge in [0.05, 0.1) is 0 Å². The van der Waals surface area contributed by atoms with Gasteiger partial charge in [0.1, 0.15) is 0 Å². The Morgan fingerprint density at radius 3 is 1.86 bits per heavy atom. The minimum atomic E-state index is 0.581. The van der Waals surface area contributed by atoms with Gasteiger partial charge in [-0.1, -0.05) is 46.5 Å². The highest BCUT2D eigenvalue weighted by Gasteiger charge is 2.01. The SMILES string of the molecule is CCC(C#CC(C)CCC(C)C)CC. The van der Waals surface area contributed by atoms with Crippen molar-refractivity contribution < 1.29 is 0 Å². The minimum Gasteiger partial charge on any atom is -0.0999 e. The van der Waals surface area contributed by atoms with E-state index in [4.69, 9.17) is 0 Å². The van der Waals surface area contributed by atoms with Gasteiger partial charge in [-0.15, -0.1) is 0 Å². The van der Waals surface area contributed by atoms with Gasteiger partial charge in [0.25, 0.3) is 0 Å². The molecule has 0 aliphatic carbocycles. The Bertz CT molecular complexity index is 176. The largest absolute Gasteiger partial charge is 0.0999 e. The van der Waals surface area contributed by atoms with Crippen LogP contribution >= 0.6 is 0 Å². The lowest BCUT2D eigenvalue weighted by Gasteiger charge is -2.07. The van der Waals surface area contributed by atoms with Crippen LogP contribution in [0.3, 0.4) is 0 Å². The predicted molar refractivity (Wildman–Crippen MR) is 65.1 cm³/mol. The molecule has 82 valence electrons. The molecule has 0 aliphatic heterocycles. The molecule has 0 heterocycles. The molecule has 1 atom stereocenters. The van der Waals surface area contributed by atoms with E-state index in [1.807, 2.05) is 0 Å². The van der Waals surface area contributed by atoms with E-state index in [1.54, 1.807) is 0 Å². The van der Waals surface area contributed by atoms with Gasteiger partial charge < -0.3 is 0 Å². The van der Waals surface area contributed by atoms with Crippen LogP contribution in [0.2, 0.25) is 0 Å². The monoisotopic (exact) mass is 194 g/mol. The van der Waals surface area contributed by atoms with Crippen LogP contribution < -0.4 is 0 Å². The molecule has 0 fully saturated rings. The maximum Gasteiger partial charge on any atom is 0.0197 e. The first-order valence-corrected chi connectivity index (χ1v) is 6.11. The van der Waals surface area contributed by atoms with Crippen LogP contribution in [0.1, 0.15) is 60.3 Å². The minimum absolute atomic E-state index is 0.581. The maximum absolute atomic E-state index is 3.39. The van der Waals surface area contributed by atoms with Gasteiger partial charge >= 0.3 is 0 Å². The number of hydrogen-bond donors (Lipinski definition) is 0. The molecular formula is C14H26. The topological polar surface area (TPSA) is 0 Å². The normalized spacial score (nSPS) is 12.8. The smallest absolute Gasteiger partial charge is 0.0197 e. The Labute approximate surface area is 90.5 Å². The van der Waals surface area contributed by atoms with Crippen LogP contribution in [-0.2, 0) is 0 Å². The lowest BCUT2D eigenvalue weighted by atomic mass is 9.98. The van der Waals surface area contributed by atoms with Crippen molar-refractivity contribution in [3.05, 3.63) is 0 Å². The van der Waals surface area contributed by atoms with Gasteiger partial charge in [-0.3, -0.25) is 0 Å². The zero-order chi connectivity index (χ0) is 11.0. The molecule has 0 aromatic heterocycles. The molecule has 0 spiro atoms. The van der Waals surface area contributed by atoms with E-state index in [-0.39, 0.29) is 0 Å². The second-order valence-electron chi connectivity index (χ2n) is 4.67. The van der Waals surface area contributed by atoms with Crippen molar-refractivity contribution in [2.75, 3.05) is 0 Å². The molecule has 0 aromatic carbocycles. The second-order valence-corrected chi connectivity index (χ2v) is 4.67. The average molecular weight is 194 g/mol. The fraction of sp³-hybridized carbons (Fsp3) is 0.857. The van der Waals surface area contributed by atoms with Crippen molar-refractivity contribution in [1.82, 2.24) is 0 Å². The van der Waals surface area contributed by atoms with Crippen LogP contribution in [0.4, 0.5) is 0 Å². The molecular weight excluding hydrogens is 168 g/mol. The third kappa shape index (κ3) is 7.01. The summed E-state index contributed by atoms with van der Waals surface area (Å²) < 4.78 is 0. The Morgan fingerprint density at radius 1 is 0.857 bits per heavy atom. The van der Waals surface area contributed by atoms with Crippen molar-refractivity contribution in [3.63, 3.8) is 0 Å². The molecule has 0 saturated heterocycles. The quantitative estimate of drug-likeness (QED) is 0.565. The average Bonchev–Trinajstić information content (AvgIpc) is 2.16. The van der Waals surface area contributed by atoms with E-state index in [1.165, 1.54) is 25.7 Å². The standard InChI is InChI=1S/C14H26/c1-6-14(7-2)11-10-13(5)9-8-12(3)4/h12-14H,6-9H2,1-5H3. The third-order valence-corrected chi connectivity index (χ3v) is 2.70. The van der Waals surface area contributed by atoms with Crippen LogP contribution in [0.25, 0.3) is 0 Å². The second kappa shape index (κ2) is 7.92. The van der Waals surface area contributed by atoms with E-state index in [2.05, 4.69) is 46.5 Å². The fourth-order valence-electron chi connectivity index (χ4n) is 1.41. The Balaban J connectivity index is 3.83. The number of rotatable bonds is 5. The summed E-state index contributed by atoms with van der Waals surface area (Å²) in [5, 5.41) is 0. The summed E-state index contributed by atoms with van der Waals surface area (Å²) in [6, 6.07) is 0. The Kier molecular flexibility index (Phi) is 7.67. The molecule has 0 radical (unpaired) electrons. The van der Waals surface area contributed by atoms with E-state index in [9.17, 15) is 0 Å². The third-order valence-electron chi connectivity index (χ3n) is 2.70. The van der Waals surface area contributed by atoms with E-state index in [0.717, 1.165) is 5.92 Å². The highest BCUT2D eigenvalue weighted by molar-refractivity contribution is 5.05. The first-order valence-electron chi connectivity index (χ1n) is 6.11. The first-order chi connectivity index (χ1) is 6.60. The van der Waals surface area contributed by atoms with Crippen molar-refractivity contribution in [2.24, 2.45) is 17.8 Å². The lowest BCUT2D eigenvalue weighted by Crippen LogP contribution is -1.97. The maximum atomic E-state index is 3.39. The van der Waals surface area contributed by atoms with Crippen molar-refractivity contribution in [3.8, 4) is 11.8 Å².